The zero-order valence-corrected chi connectivity index (χ0v) is 17.6. The number of para-hydroxylation sites is 2. The number of amides is 1. The molecule has 4 heterocycles. The molecule has 0 radical (unpaired) electrons. The van der Waals surface area contributed by atoms with Gasteiger partial charge in [-0.05, 0) is 56.8 Å². The summed E-state index contributed by atoms with van der Waals surface area (Å²) in [4.78, 5) is 27.3. The third kappa shape index (κ3) is 2.97. The minimum absolute atomic E-state index is 0.142. The van der Waals surface area contributed by atoms with E-state index in [1.807, 2.05) is 34.7 Å². The molecule has 0 saturated carbocycles. The Kier molecular flexibility index (Phi) is 4.55. The maximum atomic E-state index is 12.6. The molecule has 5 rings (SSSR count). The predicted octanol–water partition coefficient (Wildman–Crippen LogP) is 2.85. The van der Waals surface area contributed by atoms with Gasteiger partial charge in [-0.25, -0.2) is 9.97 Å². The van der Waals surface area contributed by atoms with Gasteiger partial charge in [-0.2, -0.15) is 0 Å². The number of nitrogens with one attached hydrogen (secondary N) is 1. The van der Waals surface area contributed by atoms with Gasteiger partial charge in [0.1, 0.15) is 11.5 Å². The normalized spacial score (nSPS) is 15.8. The molecule has 154 valence electrons. The molecule has 30 heavy (non-hydrogen) atoms. The maximum absolute atomic E-state index is 12.6. The first-order chi connectivity index (χ1) is 14.6. The number of imidazole rings is 1. The summed E-state index contributed by atoms with van der Waals surface area (Å²) in [5, 5.41) is 3.72. The fraction of sp³-hybridized carbons (Fsp3) is 0.348. The Morgan fingerprint density at radius 3 is 2.70 bits per heavy atom. The van der Waals surface area contributed by atoms with Crippen LogP contribution in [0.3, 0.4) is 0 Å². The standard InChI is InChI=1S/C23H26N6O/c1-15-13-20(28-10-6-9-27(3)11-12-28)26-21-16(15)14-17(23(30)24-2)22-25-18-7-4-5-8-19(18)29(21)22/h4-5,7-8,13-14H,6,9-12H2,1-3H3,(H,24,30). The van der Waals surface area contributed by atoms with Crippen molar-refractivity contribution < 1.29 is 4.79 Å². The highest BCUT2D eigenvalue weighted by Crippen LogP contribution is 2.29. The zero-order valence-electron chi connectivity index (χ0n) is 17.6. The lowest BCUT2D eigenvalue weighted by Gasteiger charge is -2.23. The van der Waals surface area contributed by atoms with Crippen LogP contribution < -0.4 is 10.2 Å². The summed E-state index contributed by atoms with van der Waals surface area (Å²) in [6, 6.07) is 12.0. The molecular formula is C23H26N6O. The van der Waals surface area contributed by atoms with Crippen LogP contribution in [0.2, 0.25) is 0 Å². The summed E-state index contributed by atoms with van der Waals surface area (Å²) in [6.45, 7) is 6.17. The van der Waals surface area contributed by atoms with Gasteiger partial charge in [-0.3, -0.25) is 9.20 Å². The third-order valence-corrected chi connectivity index (χ3v) is 6.05. The second-order valence-corrected chi connectivity index (χ2v) is 8.08. The summed E-state index contributed by atoms with van der Waals surface area (Å²) in [5.41, 5.74) is 4.98. The van der Waals surface area contributed by atoms with Crippen LogP contribution in [0.25, 0.3) is 27.7 Å². The van der Waals surface area contributed by atoms with Crippen LogP contribution >= 0.6 is 0 Å². The van der Waals surface area contributed by atoms with E-state index in [-0.39, 0.29) is 5.91 Å². The lowest BCUT2D eigenvalue weighted by atomic mass is 10.1. The number of carbonyl (C=O) groups excluding carboxylic acids is 1. The molecule has 0 unspecified atom stereocenters. The molecule has 0 aliphatic carbocycles. The number of fused-ring (bicyclic) bond motifs is 5. The molecule has 1 aliphatic rings. The number of rotatable bonds is 2. The number of anilines is 1. The van der Waals surface area contributed by atoms with Crippen molar-refractivity contribution in [2.75, 3.05) is 45.2 Å². The minimum atomic E-state index is -0.142. The topological polar surface area (TPSA) is 65.8 Å². The van der Waals surface area contributed by atoms with Crippen molar-refractivity contribution in [1.82, 2.24) is 24.6 Å². The Morgan fingerprint density at radius 2 is 1.87 bits per heavy atom. The van der Waals surface area contributed by atoms with E-state index in [0.717, 1.165) is 66.0 Å². The summed E-state index contributed by atoms with van der Waals surface area (Å²) in [5.74, 6) is 0.846. The molecule has 0 atom stereocenters. The molecule has 7 nitrogen and oxygen atoms in total. The van der Waals surface area contributed by atoms with E-state index >= 15 is 0 Å². The van der Waals surface area contributed by atoms with Gasteiger partial charge >= 0.3 is 0 Å². The highest BCUT2D eigenvalue weighted by atomic mass is 16.1. The van der Waals surface area contributed by atoms with E-state index in [9.17, 15) is 4.79 Å². The van der Waals surface area contributed by atoms with Gasteiger partial charge in [0.2, 0.25) is 0 Å². The molecule has 1 amide bonds. The molecule has 1 aromatic carbocycles. The third-order valence-electron chi connectivity index (χ3n) is 6.05. The average molecular weight is 403 g/mol. The van der Waals surface area contributed by atoms with Crippen LogP contribution in [-0.2, 0) is 0 Å². The number of pyridine rings is 2. The summed E-state index contributed by atoms with van der Waals surface area (Å²) in [6.07, 6.45) is 1.12. The van der Waals surface area contributed by atoms with Gasteiger partial charge in [-0.1, -0.05) is 12.1 Å². The Hall–Kier alpha value is -3.19. The maximum Gasteiger partial charge on any atom is 0.254 e. The van der Waals surface area contributed by atoms with Gasteiger partial charge < -0.3 is 15.1 Å². The minimum Gasteiger partial charge on any atom is -0.355 e. The smallest absolute Gasteiger partial charge is 0.254 e. The van der Waals surface area contributed by atoms with Crippen LogP contribution in [0.15, 0.2) is 36.4 Å². The average Bonchev–Trinajstić information content (AvgIpc) is 3.01. The Morgan fingerprint density at radius 1 is 1.03 bits per heavy atom. The van der Waals surface area contributed by atoms with E-state index < -0.39 is 0 Å². The van der Waals surface area contributed by atoms with Crippen molar-refractivity contribution >= 4 is 39.4 Å². The Bertz CT molecular complexity index is 1280. The summed E-state index contributed by atoms with van der Waals surface area (Å²) in [7, 11) is 3.82. The van der Waals surface area contributed by atoms with Crippen LogP contribution in [0.5, 0.6) is 0 Å². The first-order valence-electron chi connectivity index (χ1n) is 10.4. The van der Waals surface area contributed by atoms with Gasteiger partial charge in [0.15, 0.2) is 5.65 Å². The molecule has 4 aromatic rings. The first-order valence-corrected chi connectivity index (χ1v) is 10.4. The molecule has 0 spiro atoms. The predicted molar refractivity (Wildman–Crippen MR) is 120 cm³/mol. The molecule has 1 saturated heterocycles. The van der Waals surface area contributed by atoms with Crippen molar-refractivity contribution in [3.63, 3.8) is 0 Å². The molecule has 1 N–H and O–H groups in total. The van der Waals surface area contributed by atoms with Gasteiger partial charge in [0, 0.05) is 32.1 Å². The molecular weight excluding hydrogens is 376 g/mol. The van der Waals surface area contributed by atoms with E-state index in [1.54, 1.807) is 7.05 Å². The number of aryl methyl sites for hydroxylation is 1. The number of hydrogen-bond acceptors (Lipinski definition) is 5. The van der Waals surface area contributed by atoms with E-state index in [1.165, 1.54) is 0 Å². The number of nitrogens with zero attached hydrogens (tertiary/aromatic N) is 5. The van der Waals surface area contributed by atoms with E-state index in [0.29, 0.717) is 11.2 Å². The van der Waals surface area contributed by atoms with Crippen molar-refractivity contribution in [2.45, 2.75) is 13.3 Å². The summed E-state index contributed by atoms with van der Waals surface area (Å²) < 4.78 is 2.04. The fourth-order valence-electron chi connectivity index (χ4n) is 4.37. The van der Waals surface area contributed by atoms with Crippen molar-refractivity contribution in [3.05, 3.63) is 47.5 Å². The molecule has 1 fully saturated rings. The van der Waals surface area contributed by atoms with E-state index in [4.69, 9.17) is 9.97 Å². The molecule has 0 bridgehead atoms. The number of carbonyl (C=O) groups is 1. The highest BCUT2D eigenvalue weighted by Gasteiger charge is 2.21. The number of likely N-dealkylation sites (N-methyl/N-ethyl adjacent to an activating group) is 1. The van der Waals surface area contributed by atoms with Gasteiger partial charge in [-0.15, -0.1) is 0 Å². The Labute approximate surface area is 175 Å². The monoisotopic (exact) mass is 402 g/mol. The number of aromatic nitrogens is 3. The molecule has 1 aliphatic heterocycles. The number of benzene rings is 1. The van der Waals surface area contributed by atoms with Crippen molar-refractivity contribution in [3.8, 4) is 0 Å². The van der Waals surface area contributed by atoms with Crippen LogP contribution in [0.4, 0.5) is 5.82 Å². The highest BCUT2D eigenvalue weighted by molar-refractivity contribution is 6.06. The Balaban J connectivity index is 1.81. The largest absolute Gasteiger partial charge is 0.355 e. The van der Waals surface area contributed by atoms with Gasteiger partial charge in [0.05, 0.1) is 16.6 Å². The van der Waals surface area contributed by atoms with Crippen LogP contribution in [0.1, 0.15) is 22.3 Å². The summed E-state index contributed by atoms with van der Waals surface area (Å²) >= 11 is 0. The quantitative estimate of drug-likeness (QED) is 0.559. The van der Waals surface area contributed by atoms with Crippen molar-refractivity contribution in [2.24, 2.45) is 0 Å². The number of hydrogen-bond donors (Lipinski definition) is 1. The molecule has 7 heteroatoms. The first kappa shape index (κ1) is 18.8. The van der Waals surface area contributed by atoms with Crippen LogP contribution in [0, 0.1) is 6.92 Å². The second-order valence-electron chi connectivity index (χ2n) is 8.08. The SMILES string of the molecule is CNC(=O)c1cc2c(C)cc(N3CCCN(C)CC3)nc2n2c1nc1ccccc12. The van der Waals surface area contributed by atoms with Gasteiger partial charge in [0.25, 0.3) is 5.91 Å². The fourth-order valence-corrected chi connectivity index (χ4v) is 4.37. The van der Waals surface area contributed by atoms with Crippen LogP contribution in [-0.4, -0.2) is 65.5 Å². The molecule has 3 aromatic heterocycles. The lowest BCUT2D eigenvalue weighted by molar-refractivity contribution is 0.0964. The zero-order chi connectivity index (χ0) is 20.8. The van der Waals surface area contributed by atoms with E-state index in [2.05, 4.69) is 35.2 Å². The van der Waals surface area contributed by atoms with Crippen molar-refractivity contribution in [1.29, 1.82) is 0 Å². The lowest BCUT2D eigenvalue weighted by Crippen LogP contribution is -2.29. The second kappa shape index (κ2) is 7.25.